The standard InChI is InChI=1S/C21H24N4O/c1-15-11-16-13-23-24-19(16)12-18(15)20(26)25-9-7-21(14-22,8-10-25)17-5-3-2-4-6-17/h2-6,11-13H,7-10,14,22H2,1H3,(H,23,24). The lowest BCUT2D eigenvalue weighted by atomic mass is 9.73. The molecule has 0 bridgehead atoms. The number of carbonyl (C=O) groups excluding carboxylic acids is 1. The van der Waals surface area contributed by atoms with Crippen molar-refractivity contribution in [2.45, 2.75) is 25.2 Å². The lowest BCUT2D eigenvalue weighted by Crippen LogP contribution is -2.48. The van der Waals surface area contributed by atoms with Crippen LogP contribution in [0.2, 0.25) is 0 Å². The van der Waals surface area contributed by atoms with Crippen LogP contribution in [-0.2, 0) is 5.41 Å². The number of hydrogen-bond donors (Lipinski definition) is 2. The average molecular weight is 348 g/mol. The molecule has 1 amide bonds. The van der Waals surface area contributed by atoms with Gasteiger partial charge in [0.2, 0.25) is 0 Å². The summed E-state index contributed by atoms with van der Waals surface area (Å²) in [6, 6.07) is 14.4. The van der Waals surface area contributed by atoms with E-state index in [-0.39, 0.29) is 11.3 Å². The molecular weight excluding hydrogens is 324 g/mol. The highest BCUT2D eigenvalue weighted by atomic mass is 16.2. The molecule has 3 aromatic rings. The van der Waals surface area contributed by atoms with E-state index in [4.69, 9.17) is 5.73 Å². The predicted molar refractivity (Wildman–Crippen MR) is 103 cm³/mol. The Labute approximate surface area is 153 Å². The van der Waals surface area contributed by atoms with Crippen molar-refractivity contribution < 1.29 is 4.79 Å². The lowest BCUT2D eigenvalue weighted by Gasteiger charge is -2.41. The topological polar surface area (TPSA) is 75.0 Å². The number of aromatic nitrogens is 2. The number of nitrogens with zero attached hydrogens (tertiary/aromatic N) is 2. The molecule has 5 heteroatoms. The summed E-state index contributed by atoms with van der Waals surface area (Å²) in [5.41, 5.74) is 10.1. The first-order chi connectivity index (χ1) is 12.6. The van der Waals surface area contributed by atoms with Gasteiger partial charge in [0.15, 0.2) is 0 Å². The fourth-order valence-electron chi connectivity index (χ4n) is 4.05. The second-order valence-corrected chi connectivity index (χ2v) is 7.27. The van der Waals surface area contributed by atoms with Gasteiger partial charge in [-0.2, -0.15) is 5.10 Å². The second kappa shape index (κ2) is 6.57. The third-order valence-electron chi connectivity index (χ3n) is 5.80. The first-order valence-corrected chi connectivity index (χ1v) is 9.11. The Morgan fingerprint density at radius 1 is 1.23 bits per heavy atom. The number of rotatable bonds is 3. The van der Waals surface area contributed by atoms with Gasteiger partial charge in [-0.05, 0) is 43.0 Å². The monoisotopic (exact) mass is 348 g/mol. The van der Waals surface area contributed by atoms with Crippen molar-refractivity contribution >= 4 is 16.8 Å². The second-order valence-electron chi connectivity index (χ2n) is 7.27. The Hall–Kier alpha value is -2.66. The molecule has 0 aliphatic carbocycles. The smallest absolute Gasteiger partial charge is 0.254 e. The van der Waals surface area contributed by atoms with Crippen LogP contribution in [0.15, 0.2) is 48.7 Å². The fraction of sp³-hybridized carbons (Fsp3) is 0.333. The SMILES string of the molecule is Cc1cc2cn[nH]c2cc1C(=O)N1CCC(CN)(c2ccccc2)CC1. The van der Waals surface area contributed by atoms with Crippen molar-refractivity contribution in [3.63, 3.8) is 0 Å². The Morgan fingerprint density at radius 2 is 1.96 bits per heavy atom. The Morgan fingerprint density at radius 3 is 2.65 bits per heavy atom. The molecule has 1 aliphatic heterocycles. The maximum absolute atomic E-state index is 13.1. The van der Waals surface area contributed by atoms with Gasteiger partial charge in [-0.3, -0.25) is 9.89 Å². The number of fused-ring (bicyclic) bond motifs is 1. The quantitative estimate of drug-likeness (QED) is 0.764. The summed E-state index contributed by atoms with van der Waals surface area (Å²) in [5, 5.41) is 8.04. The van der Waals surface area contributed by atoms with E-state index < -0.39 is 0 Å². The van der Waals surface area contributed by atoms with E-state index in [9.17, 15) is 4.79 Å². The number of piperidine rings is 1. The van der Waals surface area contributed by atoms with Gasteiger partial charge in [-0.1, -0.05) is 30.3 Å². The van der Waals surface area contributed by atoms with Crippen molar-refractivity contribution in [3.05, 3.63) is 65.4 Å². The zero-order chi connectivity index (χ0) is 18.1. The van der Waals surface area contributed by atoms with Gasteiger partial charge < -0.3 is 10.6 Å². The minimum Gasteiger partial charge on any atom is -0.339 e. The van der Waals surface area contributed by atoms with Gasteiger partial charge in [-0.25, -0.2) is 0 Å². The van der Waals surface area contributed by atoms with E-state index in [1.54, 1.807) is 6.20 Å². The lowest BCUT2D eigenvalue weighted by molar-refractivity contribution is 0.0669. The van der Waals surface area contributed by atoms with Crippen LogP contribution in [-0.4, -0.2) is 40.6 Å². The minimum absolute atomic E-state index is 0.0274. The number of aryl methyl sites for hydroxylation is 1. The summed E-state index contributed by atoms with van der Waals surface area (Å²) < 4.78 is 0. The van der Waals surface area contributed by atoms with Gasteiger partial charge in [0.05, 0.1) is 11.7 Å². The number of aromatic amines is 1. The molecule has 4 rings (SSSR count). The fourth-order valence-corrected chi connectivity index (χ4v) is 4.05. The predicted octanol–water partition coefficient (Wildman–Crippen LogP) is 3.00. The van der Waals surface area contributed by atoms with Crippen molar-refractivity contribution in [1.29, 1.82) is 0 Å². The number of benzene rings is 2. The largest absolute Gasteiger partial charge is 0.339 e. The molecule has 1 aliphatic rings. The average Bonchev–Trinajstić information content (AvgIpc) is 3.15. The van der Waals surface area contributed by atoms with Crippen LogP contribution in [0.1, 0.15) is 34.3 Å². The molecule has 2 heterocycles. The van der Waals surface area contributed by atoms with Gasteiger partial charge in [0, 0.05) is 36.0 Å². The molecule has 134 valence electrons. The molecule has 0 unspecified atom stereocenters. The van der Waals surface area contributed by atoms with Crippen molar-refractivity contribution in [2.75, 3.05) is 19.6 Å². The van der Waals surface area contributed by atoms with Gasteiger partial charge in [0.25, 0.3) is 5.91 Å². The highest BCUT2D eigenvalue weighted by Gasteiger charge is 2.36. The Kier molecular flexibility index (Phi) is 4.24. The van der Waals surface area contributed by atoms with Gasteiger partial charge in [-0.15, -0.1) is 0 Å². The van der Waals surface area contributed by atoms with Crippen LogP contribution in [0.5, 0.6) is 0 Å². The highest BCUT2D eigenvalue weighted by Crippen LogP contribution is 2.35. The number of carbonyl (C=O) groups is 1. The highest BCUT2D eigenvalue weighted by molar-refractivity contribution is 5.99. The zero-order valence-electron chi connectivity index (χ0n) is 15.0. The molecule has 0 spiro atoms. The number of nitrogens with one attached hydrogen (secondary N) is 1. The first kappa shape index (κ1) is 16.8. The van der Waals surface area contributed by atoms with E-state index in [2.05, 4.69) is 34.5 Å². The van der Waals surface area contributed by atoms with Crippen LogP contribution < -0.4 is 5.73 Å². The summed E-state index contributed by atoms with van der Waals surface area (Å²) in [4.78, 5) is 15.0. The third kappa shape index (κ3) is 2.78. The summed E-state index contributed by atoms with van der Waals surface area (Å²) in [6.07, 6.45) is 3.57. The van der Waals surface area contributed by atoms with Crippen LogP contribution in [0.4, 0.5) is 0 Å². The number of nitrogens with two attached hydrogens (primary N) is 1. The maximum Gasteiger partial charge on any atom is 0.254 e. The van der Waals surface area contributed by atoms with Crippen LogP contribution in [0.3, 0.4) is 0 Å². The molecule has 0 radical (unpaired) electrons. The number of amides is 1. The van der Waals surface area contributed by atoms with E-state index in [1.165, 1.54) is 5.56 Å². The molecule has 0 saturated carbocycles. The molecular formula is C21H24N4O. The van der Waals surface area contributed by atoms with Crippen molar-refractivity contribution in [3.8, 4) is 0 Å². The maximum atomic E-state index is 13.1. The van der Waals surface area contributed by atoms with Crippen LogP contribution in [0, 0.1) is 6.92 Å². The van der Waals surface area contributed by atoms with Crippen molar-refractivity contribution in [2.24, 2.45) is 5.73 Å². The van der Waals surface area contributed by atoms with E-state index >= 15 is 0 Å². The Bertz CT molecular complexity index is 924. The molecule has 1 saturated heterocycles. The molecule has 1 aromatic heterocycles. The van der Waals surface area contributed by atoms with Crippen LogP contribution >= 0.6 is 0 Å². The number of likely N-dealkylation sites (tertiary alicyclic amines) is 1. The van der Waals surface area contributed by atoms with E-state index in [0.717, 1.165) is 48.0 Å². The molecule has 2 aromatic carbocycles. The third-order valence-corrected chi connectivity index (χ3v) is 5.80. The van der Waals surface area contributed by atoms with E-state index in [0.29, 0.717) is 6.54 Å². The summed E-state index contributed by atoms with van der Waals surface area (Å²) in [7, 11) is 0. The van der Waals surface area contributed by atoms with Crippen LogP contribution in [0.25, 0.3) is 10.9 Å². The summed E-state index contributed by atoms with van der Waals surface area (Å²) in [6.45, 7) is 4.05. The van der Waals surface area contributed by atoms with E-state index in [1.807, 2.05) is 30.0 Å². The summed E-state index contributed by atoms with van der Waals surface area (Å²) >= 11 is 0. The van der Waals surface area contributed by atoms with Gasteiger partial charge in [0.1, 0.15) is 0 Å². The minimum atomic E-state index is -0.0274. The molecule has 3 N–H and O–H groups in total. The molecule has 0 atom stereocenters. The molecule has 5 nitrogen and oxygen atoms in total. The molecule has 26 heavy (non-hydrogen) atoms. The van der Waals surface area contributed by atoms with Gasteiger partial charge >= 0.3 is 0 Å². The summed E-state index contributed by atoms with van der Waals surface area (Å²) in [5.74, 6) is 0.0951. The number of H-pyrrole nitrogens is 1. The first-order valence-electron chi connectivity index (χ1n) is 9.11. The zero-order valence-corrected chi connectivity index (χ0v) is 15.0. The number of hydrogen-bond acceptors (Lipinski definition) is 3. The Balaban J connectivity index is 1.55. The van der Waals surface area contributed by atoms with Crippen molar-refractivity contribution in [1.82, 2.24) is 15.1 Å². The normalized spacial score (nSPS) is 16.8. The molecule has 1 fully saturated rings.